The fraction of sp³-hybridized carbons (Fsp3) is 0.909. The lowest BCUT2D eigenvalue weighted by Gasteiger charge is -2.33. The van der Waals surface area contributed by atoms with Gasteiger partial charge in [0.25, 0.3) is 0 Å². The van der Waals surface area contributed by atoms with Crippen LogP contribution in [0.5, 0.6) is 0 Å². The second-order valence-electron chi connectivity index (χ2n) is 4.55. The van der Waals surface area contributed by atoms with Crippen molar-refractivity contribution in [3.05, 3.63) is 0 Å². The number of carbonyl (C=O) groups is 1. The zero-order valence-electron chi connectivity index (χ0n) is 9.04. The summed E-state index contributed by atoms with van der Waals surface area (Å²) in [6.07, 6.45) is 2.45. The highest BCUT2D eigenvalue weighted by Gasteiger charge is 2.29. The Morgan fingerprint density at radius 2 is 2.00 bits per heavy atom. The molecule has 0 unspecified atom stereocenters. The number of hydrogen-bond donors (Lipinski definition) is 1. The molecule has 2 fully saturated rings. The third-order valence-corrected chi connectivity index (χ3v) is 3.36. The molecular formula is C11H19FN2O. The van der Waals surface area contributed by atoms with Crippen LogP contribution in [0.25, 0.3) is 0 Å². The van der Waals surface area contributed by atoms with Gasteiger partial charge in [-0.2, -0.15) is 0 Å². The minimum Gasteiger partial charge on any atom is -0.340 e. The first-order valence-corrected chi connectivity index (χ1v) is 5.91. The average Bonchev–Trinajstić information content (AvgIpc) is 2.29. The number of hydrogen-bond acceptors (Lipinski definition) is 2. The topological polar surface area (TPSA) is 32.3 Å². The molecule has 1 N–H and O–H groups in total. The Balaban J connectivity index is 1.88. The highest BCUT2D eigenvalue weighted by atomic mass is 19.1. The number of nitrogens with one attached hydrogen (secondary N) is 1. The molecule has 2 rings (SSSR count). The van der Waals surface area contributed by atoms with Crippen molar-refractivity contribution in [1.29, 1.82) is 0 Å². The molecule has 2 saturated heterocycles. The van der Waals surface area contributed by atoms with Crippen molar-refractivity contribution in [1.82, 2.24) is 10.2 Å². The summed E-state index contributed by atoms with van der Waals surface area (Å²) in [5.74, 6) is 0.315. The summed E-state index contributed by atoms with van der Waals surface area (Å²) in [4.78, 5) is 13.8. The van der Waals surface area contributed by atoms with E-state index in [1.54, 1.807) is 4.90 Å². The highest BCUT2D eigenvalue weighted by Crippen LogP contribution is 2.19. The van der Waals surface area contributed by atoms with Gasteiger partial charge in [0.15, 0.2) is 0 Å². The van der Waals surface area contributed by atoms with E-state index in [9.17, 15) is 9.18 Å². The van der Waals surface area contributed by atoms with Gasteiger partial charge in [-0.15, -0.1) is 0 Å². The fourth-order valence-corrected chi connectivity index (χ4v) is 2.45. The standard InChI is InChI=1S/C11H19FN2O/c12-10-2-1-7-14(8-10)11(15)9-3-5-13-6-4-9/h9-10,13H,1-8H2/t10-/m0/s1. The van der Waals surface area contributed by atoms with E-state index < -0.39 is 6.17 Å². The molecule has 0 radical (unpaired) electrons. The van der Waals surface area contributed by atoms with Crippen LogP contribution in [0.2, 0.25) is 0 Å². The predicted octanol–water partition coefficient (Wildman–Crippen LogP) is 0.946. The number of amides is 1. The van der Waals surface area contributed by atoms with Gasteiger partial charge in [-0.1, -0.05) is 0 Å². The summed E-state index contributed by atoms with van der Waals surface area (Å²) in [6, 6.07) is 0. The molecule has 2 heterocycles. The predicted molar refractivity (Wildman–Crippen MR) is 56.3 cm³/mol. The molecule has 1 amide bonds. The highest BCUT2D eigenvalue weighted by molar-refractivity contribution is 5.79. The number of alkyl halides is 1. The van der Waals surface area contributed by atoms with E-state index in [4.69, 9.17) is 0 Å². The zero-order chi connectivity index (χ0) is 10.7. The first-order valence-electron chi connectivity index (χ1n) is 5.91. The number of nitrogens with zero attached hydrogens (tertiary/aromatic N) is 1. The smallest absolute Gasteiger partial charge is 0.225 e. The molecule has 0 aromatic rings. The second kappa shape index (κ2) is 4.92. The summed E-state index contributed by atoms with van der Waals surface area (Å²) >= 11 is 0. The monoisotopic (exact) mass is 214 g/mol. The van der Waals surface area contributed by atoms with Gasteiger partial charge in [0.05, 0.1) is 6.54 Å². The van der Waals surface area contributed by atoms with Gasteiger partial charge in [0.2, 0.25) is 5.91 Å². The van der Waals surface area contributed by atoms with Gasteiger partial charge >= 0.3 is 0 Å². The van der Waals surface area contributed by atoms with Crippen molar-refractivity contribution in [2.75, 3.05) is 26.2 Å². The van der Waals surface area contributed by atoms with Crippen LogP contribution in [0.1, 0.15) is 25.7 Å². The molecular weight excluding hydrogens is 195 g/mol. The first kappa shape index (κ1) is 10.9. The number of carbonyl (C=O) groups excluding carboxylic acids is 1. The molecule has 0 bridgehead atoms. The molecule has 0 aliphatic carbocycles. The SMILES string of the molecule is O=C(C1CCNCC1)N1CCC[C@H](F)C1. The summed E-state index contributed by atoms with van der Waals surface area (Å²) in [7, 11) is 0. The number of likely N-dealkylation sites (tertiary alicyclic amines) is 1. The quantitative estimate of drug-likeness (QED) is 0.704. The van der Waals surface area contributed by atoms with Crippen molar-refractivity contribution in [3.63, 3.8) is 0 Å². The molecule has 4 heteroatoms. The number of piperidine rings is 2. The molecule has 86 valence electrons. The van der Waals surface area contributed by atoms with Gasteiger partial charge in [-0.3, -0.25) is 4.79 Å². The summed E-state index contributed by atoms with van der Waals surface area (Å²) in [6.45, 7) is 2.92. The Bertz CT molecular complexity index is 229. The average molecular weight is 214 g/mol. The Kier molecular flexibility index (Phi) is 3.57. The van der Waals surface area contributed by atoms with Crippen LogP contribution in [-0.2, 0) is 4.79 Å². The number of rotatable bonds is 1. The van der Waals surface area contributed by atoms with Crippen molar-refractivity contribution in [2.24, 2.45) is 5.92 Å². The van der Waals surface area contributed by atoms with E-state index in [-0.39, 0.29) is 11.8 Å². The van der Waals surface area contributed by atoms with Crippen LogP contribution in [0.4, 0.5) is 4.39 Å². The molecule has 2 aliphatic rings. The minimum atomic E-state index is -0.801. The fourth-order valence-electron chi connectivity index (χ4n) is 2.45. The van der Waals surface area contributed by atoms with Gasteiger partial charge in [0, 0.05) is 12.5 Å². The summed E-state index contributed by atoms with van der Waals surface area (Å²) < 4.78 is 13.2. The Morgan fingerprint density at radius 3 is 2.67 bits per heavy atom. The maximum Gasteiger partial charge on any atom is 0.225 e. The lowest BCUT2D eigenvalue weighted by molar-refractivity contribution is -0.138. The molecule has 0 aromatic heterocycles. The Hall–Kier alpha value is -0.640. The van der Waals surface area contributed by atoms with E-state index in [0.29, 0.717) is 13.0 Å². The van der Waals surface area contributed by atoms with Crippen molar-refractivity contribution in [3.8, 4) is 0 Å². The first-order chi connectivity index (χ1) is 7.27. The Morgan fingerprint density at radius 1 is 1.27 bits per heavy atom. The van der Waals surface area contributed by atoms with Crippen LogP contribution in [-0.4, -0.2) is 43.2 Å². The summed E-state index contributed by atoms with van der Waals surface area (Å²) in [5.41, 5.74) is 0. The van der Waals surface area contributed by atoms with Crippen molar-refractivity contribution in [2.45, 2.75) is 31.9 Å². The third kappa shape index (κ3) is 2.68. The van der Waals surface area contributed by atoms with Crippen LogP contribution in [0.15, 0.2) is 0 Å². The maximum absolute atomic E-state index is 13.2. The van der Waals surface area contributed by atoms with Crippen molar-refractivity contribution < 1.29 is 9.18 Å². The van der Waals surface area contributed by atoms with Crippen LogP contribution >= 0.6 is 0 Å². The van der Waals surface area contributed by atoms with E-state index in [2.05, 4.69) is 5.32 Å². The molecule has 2 aliphatic heterocycles. The number of halogens is 1. The third-order valence-electron chi connectivity index (χ3n) is 3.36. The second-order valence-corrected chi connectivity index (χ2v) is 4.55. The molecule has 0 aromatic carbocycles. The zero-order valence-corrected chi connectivity index (χ0v) is 9.04. The van der Waals surface area contributed by atoms with Crippen LogP contribution in [0.3, 0.4) is 0 Å². The van der Waals surface area contributed by atoms with Gasteiger partial charge in [0.1, 0.15) is 6.17 Å². The molecule has 3 nitrogen and oxygen atoms in total. The molecule has 1 atom stereocenters. The molecule has 0 spiro atoms. The lowest BCUT2D eigenvalue weighted by atomic mass is 9.95. The normalized spacial score (nSPS) is 29.1. The van der Waals surface area contributed by atoms with E-state index in [1.165, 1.54) is 0 Å². The Labute approximate surface area is 90.0 Å². The van der Waals surface area contributed by atoms with Crippen LogP contribution < -0.4 is 5.32 Å². The van der Waals surface area contributed by atoms with Crippen LogP contribution in [0, 0.1) is 5.92 Å². The van der Waals surface area contributed by atoms with Gasteiger partial charge in [-0.05, 0) is 38.8 Å². The van der Waals surface area contributed by atoms with Crippen molar-refractivity contribution >= 4 is 5.91 Å². The maximum atomic E-state index is 13.2. The lowest BCUT2D eigenvalue weighted by Crippen LogP contribution is -2.46. The van der Waals surface area contributed by atoms with Gasteiger partial charge < -0.3 is 10.2 Å². The van der Waals surface area contributed by atoms with Gasteiger partial charge in [-0.25, -0.2) is 4.39 Å². The van der Waals surface area contributed by atoms with E-state index in [1.807, 2.05) is 0 Å². The summed E-state index contributed by atoms with van der Waals surface area (Å²) in [5, 5.41) is 3.24. The van der Waals surface area contributed by atoms with E-state index >= 15 is 0 Å². The van der Waals surface area contributed by atoms with E-state index in [0.717, 1.165) is 38.9 Å². The largest absolute Gasteiger partial charge is 0.340 e. The molecule has 15 heavy (non-hydrogen) atoms. The minimum absolute atomic E-state index is 0.136. The molecule has 0 saturated carbocycles.